The maximum Gasteiger partial charge on any atom is 0.255 e. The first-order chi connectivity index (χ1) is 13.9. The van der Waals surface area contributed by atoms with E-state index in [1.54, 1.807) is 6.07 Å². The third-order valence-electron chi connectivity index (χ3n) is 5.16. The number of nitrogens with one attached hydrogen (secondary N) is 1. The minimum Gasteiger partial charge on any atom is -0.322 e. The number of amides is 1. The third kappa shape index (κ3) is 5.38. The van der Waals surface area contributed by atoms with Crippen molar-refractivity contribution in [3.8, 4) is 0 Å². The van der Waals surface area contributed by atoms with Crippen LogP contribution in [0.2, 0.25) is 5.02 Å². The zero-order chi connectivity index (χ0) is 20.9. The van der Waals surface area contributed by atoms with Crippen molar-refractivity contribution in [1.29, 1.82) is 0 Å². The molecule has 0 aromatic heterocycles. The van der Waals surface area contributed by atoms with Gasteiger partial charge in [0.15, 0.2) is 0 Å². The van der Waals surface area contributed by atoms with Crippen molar-refractivity contribution < 1.29 is 13.2 Å². The van der Waals surface area contributed by atoms with Crippen LogP contribution in [0, 0.1) is 0 Å². The predicted molar refractivity (Wildman–Crippen MR) is 117 cm³/mol. The highest BCUT2D eigenvalue weighted by Crippen LogP contribution is 2.28. The van der Waals surface area contributed by atoms with E-state index >= 15 is 0 Å². The number of unbranched alkanes of at least 4 members (excludes halogenated alkanes) is 1. The molecular formula is C22H27ClN2O3S. The van der Waals surface area contributed by atoms with E-state index in [-0.39, 0.29) is 21.4 Å². The lowest BCUT2D eigenvalue weighted by Gasteiger charge is -2.26. The first-order valence-electron chi connectivity index (χ1n) is 10.1. The molecule has 1 amide bonds. The second-order valence-corrected chi connectivity index (χ2v) is 9.68. The zero-order valence-electron chi connectivity index (χ0n) is 16.7. The molecule has 0 aliphatic carbocycles. The number of rotatable bonds is 7. The Bertz CT molecular complexity index is 953. The van der Waals surface area contributed by atoms with Crippen LogP contribution in [0.3, 0.4) is 0 Å². The molecule has 1 aliphatic rings. The maximum atomic E-state index is 13.0. The smallest absolute Gasteiger partial charge is 0.255 e. The Morgan fingerprint density at radius 3 is 2.41 bits per heavy atom. The summed E-state index contributed by atoms with van der Waals surface area (Å²) in [4.78, 5) is 12.7. The summed E-state index contributed by atoms with van der Waals surface area (Å²) in [7, 11) is -3.71. The van der Waals surface area contributed by atoms with Crippen LogP contribution in [0.4, 0.5) is 5.69 Å². The molecule has 0 bridgehead atoms. The molecule has 2 aromatic rings. The van der Waals surface area contributed by atoms with Gasteiger partial charge in [-0.1, -0.05) is 43.5 Å². The van der Waals surface area contributed by atoms with E-state index in [0.29, 0.717) is 18.8 Å². The van der Waals surface area contributed by atoms with E-state index in [0.717, 1.165) is 38.5 Å². The SMILES string of the molecule is CCCCc1ccc(NC(=O)c2ccc(Cl)c(S(=O)(=O)N3CCCCC3)c2)cc1. The Hall–Kier alpha value is -1.89. The first kappa shape index (κ1) is 21.8. The van der Waals surface area contributed by atoms with Crippen molar-refractivity contribution in [1.82, 2.24) is 4.31 Å². The molecule has 0 atom stereocenters. The third-order valence-corrected chi connectivity index (χ3v) is 7.54. The Labute approximate surface area is 178 Å². The van der Waals surface area contributed by atoms with Gasteiger partial charge in [0.05, 0.1) is 5.02 Å². The highest BCUT2D eigenvalue weighted by molar-refractivity contribution is 7.89. The molecular weight excluding hydrogens is 408 g/mol. The van der Waals surface area contributed by atoms with Crippen LogP contribution in [0.5, 0.6) is 0 Å². The summed E-state index contributed by atoms with van der Waals surface area (Å²) in [6, 6.07) is 12.1. The summed E-state index contributed by atoms with van der Waals surface area (Å²) >= 11 is 6.19. The van der Waals surface area contributed by atoms with E-state index < -0.39 is 10.0 Å². The van der Waals surface area contributed by atoms with Gasteiger partial charge in [0.1, 0.15) is 4.90 Å². The summed E-state index contributed by atoms with van der Waals surface area (Å²) in [5.41, 5.74) is 2.16. The number of aryl methyl sites for hydroxylation is 1. The van der Waals surface area contributed by atoms with Crippen molar-refractivity contribution in [2.45, 2.75) is 50.3 Å². The van der Waals surface area contributed by atoms with Gasteiger partial charge in [-0.25, -0.2) is 8.42 Å². The van der Waals surface area contributed by atoms with Gasteiger partial charge < -0.3 is 5.32 Å². The van der Waals surface area contributed by atoms with Gasteiger partial charge in [-0.15, -0.1) is 0 Å². The number of benzene rings is 2. The van der Waals surface area contributed by atoms with Gasteiger partial charge in [-0.2, -0.15) is 4.31 Å². The first-order valence-corrected chi connectivity index (χ1v) is 11.9. The maximum absolute atomic E-state index is 13.0. The zero-order valence-corrected chi connectivity index (χ0v) is 18.2. The van der Waals surface area contributed by atoms with Crippen molar-refractivity contribution in [3.63, 3.8) is 0 Å². The van der Waals surface area contributed by atoms with Gasteiger partial charge >= 0.3 is 0 Å². The van der Waals surface area contributed by atoms with Gasteiger partial charge in [0.25, 0.3) is 5.91 Å². The summed E-state index contributed by atoms with van der Waals surface area (Å²) in [5, 5.41) is 2.96. The summed E-state index contributed by atoms with van der Waals surface area (Å²) in [6.07, 6.45) is 5.98. The molecule has 0 saturated carbocycles. The minimum atomic E-state index is -3.71. The second-order valence-electron chi connectivity index (χ2n) is 7.36. The number of hydrogen-bond donors (Lipinski definition) is 1. The fourth-order valence-electron chi connectivity index (χ4n) is 3.43. The van der Waals surface area contributed by atoms with Crippen molar-refractivity contribution in [3.05, 3.63) is 58.6 Å². The Morgan fingerprint density at radius 1 is 1.07 bits per heavy atom. The molecule has 0 spiro atoms. The molecule has 1 N–H and O–H groups in total. The minimum absolute atomic E-state index is 0.0105. The number of carbonyl (C=O) groups is 1. The van der Waals surface area contributed by atoms with E-state index in [4.69, 9.17) is 11.6 Å². The van der Waals surface area contributed by atoms with Crippen molar-refractivity contribution in [2.75, 3.05) is 18.4 Å². The van der Waals surface area contributed by atoms with Crippen LogP contribution in [-0.4, -0.2) is 31.7 Å². The van der Waals surface area contributed by atoms with Crippen LogP contribution in [0.15, 0.2) is 47.4 Å². The molecule has 1 aliphatic heterocycles. The average molecular weight is 435 g/mol. The molecule has 156 valence electrons. The lowest BCUT2D eigenvalue weighted by Crippen LogP contribution is -2.35. The largest absolute Gasteiger partial charge is 0.322 e. The molecule has 1 heterocycles. The van der Waals surface area contributed by atoms with Crippen LogP contribution >= 0.6 is 11.6 Å². The van der Waals surface area contributed by atoms with E-state index in [1.807, 2.05) is 24.3 Å². The molecule has 0 unspecified atom stereocenters. The standard InChI is InChI=1S/C22H27ClN2O3S/c1-2-3-7-17-8-11-19(12-9-17)24-22(26)18-10-13-20(23)21(16-18)29(27,28)25-14-5-4-6-15-25/h8-13,16H,2-7,14-15H2,1H3,(H,24,26). The van der Waals surface area contributed by atoms with Crippen LogP contribution in [0.25, 0.3) is 0 Å². The lowest BCUT2D eigenvalue weighted by atomic mass is 10.1. The van der Waals surface area contributed by atoms with Crippen LogP contribution in [-0.2, 0) is 16.4 Å². The molecule has 5 nitrogen and oxygen atoms in total. The number of piperidine rings is 1. The lowest BCUT2D eigenvalue weighted by molar-refractivity contribution is 0.102. The Morgan fingerprint density at radius 2 is 1.76 bits per heavy atom. The number of nitrogens with zero attached hydrogens (tertiary/aromatic N) is 1. The van der Waals surface area contributed by atoms with Gasteiger partial charge in [0, 0.05) is 24.3 Å². The number of hydrogen-bond acceptors (Lipinski definition) is 3. The monoisotopic (exact) mass is 434 g/mol. The summed E-state index contributed by atoms with van der Waals surface area (Å²) in [5.74, 6) is -0.363. The fraction of sp³-hybridized carbons (Fsp3) is 0.409. The van der Waals surface area contributed by atoms with E-state index in [1.165, 1.54) is 22.0 Å². The number of sulfonamides is 1. The van der Waals surface area contributed by atoms with Gasteiger partial charge in [0.2, 0.25) is 10.0 Å². The molecule has 0 radical (unpaired) electrons. The van der Waals surface area contributed by atoms with E-state index in [9.17, 15) is 13.2 Å². The predicted octanol–water partition coefficient (Wildman–Crippen LogP) is 5.11. The molecule has 29 heavy (non-hydrogen) atoms. The summed E-state index contributed by atoms with van der Waals surface area (Å²) in [6.45, 7) is 3.12. The molecule has 1 saturated heterocycles. The topological polar surface area (TPSA) is 66.5 Å². The number of anilines is 1. The number of carbonyl (C=O) groups excluding carboxylic acids is 1. The normalized spacial score (nSPS) is 15.2. The van der Waals surface area contributed by atoms with Gasteiger partial charge in [-0.3, -0.25) is 4.79 Å². The summed E-state index contributed by atoms with van der Waals surface area (Å²) < 4.78 is 27.4. The average Bonchev–Trinajstić information content (AvgIpc) is 2.74. The molecule has 7 heteroatoms. The molecule has 1 fully saturated rings. The quantitative estimate of drug-likeness (QED) is 0.658. The molecule has 2 aromatic carbocycles. The Balaban J connectivity index is 1.77. The van der Waals surface area contributed by atoms with Crippen LogP contribution < -0.4 is 5.32 Å². The second kappa shape index (κ2) is 9.74. The van der Waals surface area contributed by atoms with Crippen LogP contribution in [0.1, 0.15) is 54.9 Å². The van der Waals surface area contributed by atoms with E-state index in [2.05, 4.69) is 12.2 Å². The molecule has 3 rings (SSSR count). The van der Waals surface area contributed by atoms with Gasteiger partial charge in [-0.05, 0) is 61.6 Å². The Kier molecular flexibility index (Phi) is 7.33. The number of halogens is 1. The highest BCUT2D eigenvalue weighted by Gasteiger charge is 2.28. The highest BCUT2D eigenvalue weighted by atomic mass is 35.5. The van der Waals surface area contributed by atoms with Crippen molar-refractivity contribution in [2.24, 2.45) is 0 Å². The van der Waals surface area contributed by atoms with Crippen molar-refractivity contribution >= 4 is 33.2 Å². The fourth-order valence-corrected chi connectivity index (χ4v) is 5.44.